The number of likely N-dealkylation sites (tertiary alicyclic amines) is 1. The molecule has 1 aliphatic carbocycles. The minimum absolute atomic E-state index is 0.120. The number of nitrogens with zero attached hydrogens (tertiary/aromatic N) is 4. The van der Waals surface area contributed by atoms with Crippen LogP contribution >= 0.6 is 0 Å². The highest BCUT2D eigenvalue weighted by Crippen LogP contribution is 2.33. The molecule has 2 atom stereocenters. The van der Waals surface area contributed by atoms with Crippen molar-refractivity contribution in [2.75, 3.05) is 23.7 Å². The maximum Gasteiger partial charge on any atom is 0.324 e. The van der Waals surface area contributed by atoms with Crippen molar-refractivity contribution in [2.45, 2.75) is 64.5 Å². The Labute approximate surface area is 218 Å². The number of aliphatic imine (C=N–C) groups is 1. The summed E-state index contributed by atoms with van der Waals surface area (Å²) in [6, 6.07) is 9.86. The van der Waals surface area contributed by atoms with Gasteiger partial charge >= 0.3 is 6.03 Å². The largest absolute Gasteiger partial charge is 0.369 e. The lowest BCUT2D eigenvalue weighted by Gasteiger charge is -2.38. The molecular formula is C28H36N8O. The van der Waals surface area contributed by atoms with Crippen molar-refractivity contribution in [2.24, 2.45) is 4.99 Å². The minimum atomic E-state index is -0.287. The van der Waals surface area contributed by atoms with Gasteiger partial charge in [0, 0.05) is 48.5 Å². The third kappa shape index (κ3) is 5.45. The zero-order valence-electron chi connectivity index (χ0n) is 22.0. The number of anilines is 2. The summed E-state index contributed by atoms with van der Waals surface area (Å²) >= 11 is 0. The van der Waals surface area contributed by atoms with Crippen LogP contribution in [0.25, 0.3) is 0 Å². The summed E-state index contributed by atoms with van der Waals surface area (Å²) in [6.45, 7) is 9.92. The van der Waals surface area contributed by atoms with Gasteiger partial charge in [0.15, 0.2) is 0 Å². The van der Waals surface area contributed by atoms with Crippen molar-refractivity contribution in [3.05, 3.63) is 65.1 Å². The number of carbonyl (C=O) groups excluding carboxylic acids is 1. The van der Waals surface area contributed by atoms with Gasteiger partial charge in [-0.25, -0.2) is 14.5 Å². The highest BCUT2D eigenvalue weighted by molar-refractivity contribution is 5.99. The molecule has 194 valence electrons. The van der Waals surface area contributed by atoms with Crippen molar-refractivity contribution in [1.82, 2.24) is 20.0 Å². The van der Waals surface area contributed by atoms with E-state index in [1.807, 2.05) is 42.0 Å². The van der Waals surface area contributed by atoms with Gasteiger partial charge in [0.1, 0.15) is 11.6 Å². The van der Waals surface area contributed by atoms with E-state index in [9.17, 15) is 4.79 Å². The van der Waals surface area contributed by atoms with E-state index in [4.69, 9.17) is 5.41 Å². The van der Waals surface area contributed by atoms with E-state index in [2.05, 4.69) is 63.8 Å². The molecule has 0 bridgehead atoms. The van der Waals surface area contributed by atoms with Crippen LogP contribution in [0.15, 0.2) is 58.9 Å². The average molecular weight is 501 g/mol. The molecule has 2 aromatic rings. The van der Waals surface area contributed by atoms with Gasteiger partial charge in [-0.1, -0.05) is 18.2 Å². The van der Waals surface area contributed by atoms with Gasteiger partial charge in [-0.2, -0.15) is 5.10 Å². The fraction of sp³-hybridized carbons (Fsp3) is 0.429. The van der Waals surface area contributed by atoms with Crippen LogP contribution in [0.1, 0.15) is 57.2 Å². The van der Waals surface area contributed by atoms with Crippen molar-refractivity contribution in [3.8, 4) is 0 Å². The number of nitrogens with one attached hydrogen (secondary N) is 4. The molecule has 1 aromatic heterocycles. The third-order valence-corrected chi connectivity index (χ3v) is 7.03. The second-order valence-electron chi connectivity index (χ2n) is 11.1. The first-order valence-corrected chi connectivity index (χ1v) is 13.0. The zero-order valence-corrected chi connectivity index (χ0v) is 22.0. The first kappa shape index (κ1) is 24.8. The van der Waals surface area contributed by atoms with E-state index in [-0.39, 0.29) is 17.6 Å². The second kappa shape index (κ2) is 9.88. The molecule has 3 heterocycles. The van der Waals surface area contributed by atoms with E-state index < -0.39 is 0 Å². The number of hydrogen-bond acceptors (Lipinski definition) is 6. The van der Waals surface area contributed by atoms with Crippen LogP contribution in [0.4, 0.5) is 16.3 Å². The number of aryl methyl sites for hydroxylation is 1. The van der Waals surface area contributed by atoms with Crippen LogP contribution < -0.4 is 16.0 Å². The van der Waals surface area contributed by atoms with Gasteiger partial charge in [-0.15, -0.1) is 0 Å². The quantitative estimate of drug-likeness (QED) is 0.475. The fourth-order valence-corrected chi connectivity index (χ4v) is 5.30. The molecule has 0 saturated carbocycles. The Balaban J connectivity index is 1.29. The molecule has 0 radical (unpaired) electrons. The van der Waals surface area contributed by atoms with Gasteiger partial charge in [-0.3, -0.25) is 5.32 Å². The van der Waals surface area contributed by atoms with Gasteiger partial charge in [0.2, 0.25) is 0 Å². The number of fused-ring (bicyclic) bond motifs is 1. The summed E-state index contributed by atoms with van der Waals surface area (Å²) in [4.78, 5) is 19.9. The van der Waals surface area contributed by atoms with Crippen molar-refractivity contribution < 1.29 is 4.79 Å². The summed E-state index contributed by atoms with van der Waals surface area (Å²) < 4.78 is 1.84. The fourth-order valence-electron chi connectivity index (χ4n) is 5.30. The van der Waals surface area contributed by atoms with Crippen LogP contribution in [0, 0.1) is 12.3 Å². The Morgan fingerprint density at radius 3 is 2.84 bits per heavy atom. The van der Waals surface area contributed by atoms with Crippen molar-refractivity contribution in [3.63, 3.8) is 0 Å². The number of urea groups is 1. The summed E-state index contributed by atoms with van der Waals surface area (Å²) in [7, 11) is 0. The third-order valence-electron chi connectivity index (χ3n) is 7.03. The van der Waals surface area contributed by atoms with Crippen molar-refractivity contribution in [1.29, 1.82) is 5.41 Å². The smallest absolute Gasteiger partial charge is 0.324 e. The summed E-state index contributed by atoms with van der Waals surface area (Å²) in [5, 5.41) is 21.8. The number of amides is 2. The maximum atomic E-state index is 12.9. The molecule has 1 aromatic carbocycles. The lowest BCUT2D eigenvalue weighted by Crippen LogP contribution is -2.41. The zero-order chi connectivity index (χ0) is 26.2. The molecule has 2 unspecified atom stereocenters. The van der Waals surface area contributed by atoms with E-state index in [0.717, 1.165) is 48.7 Å². The number of rotatable bonds is 4. The molecule has 9 heteroatoms. The molecule has 1 saturated heterocycles. The van der Waals surface area contributed by atoms with Crippen molar-refractivity contribution >= 4 is 29.6 Å². The van der Waals surface area contributed by atoms with Crippen LogP contribution in [0.2, 0.25) is 0 Å². The molecule has 2 amide bonds. The Morgan fingerprint density at radius 2 is 2.03 bits per heavy atom. The van der Waals surface area contributed by atoms with Crippen LogP contribution in [-0.2, 0) is 5.54 Å². The molecule has 2 aliphatic heterocycles. The Bertz CT molecular complexity index is 1300. The van der Waals surface area contributed by atoms with E-state index in [0.29, 0.717) is 23.9 Å². The molecule has 37 heavy (non-hydrogen) atoms. The van der Waals surface area contributed by atoms with E-state index in [1.165, 1.54) is 5.56 Å². The molecule has 9 nitrogen and oxygen atoms in total. The molecular weight excluding hydrogens is 464 g/mol. The average Bonchev–Trinajstić information content (AvgIpc) is 3.24. The topological polar surface area (TPSA) is 110 Å². The summed E-state index contributed by atoms with van der Waals surface area (Å²) in [6.07, 6.45) is 8.54. The summed E-state index contributed by atoms with van der Waals surface area (Å²) in [5.74, 6) is 2.02. The first-order chi connectivity index (χ1) is 17.7. The lowest BCUT2D eigenvalue weighted by atomic mass is 9.89. The summed E-state index contributed by atoms with van der Waals surface area (Å²) in [5.41, 5.74) is 4.39. The number of allylic oxidation sites excluding steroid dienone is 1. The van der Waals surface area contributed by atoms with E-state index in [1.54, 1.807) is 6.34 Å². The van der Waals surface area contributed by atoms with Crippen LogP contribution in [-0.4, -0.2) is 51.9 Å². The Kier molecular flexibility index (Phi) is 6.62. The van der Waals surface area contributed by atoms with Crippen LogP contribution in [0.3, 0.4) is 0 Å². The van der Waals surface area contributed by atoms with Gasteiger partial charge in [0.25, 0.3) is 0 Å². The molecule has 4 N–H and O–H groups in total. The Hall–Kier alpha value is -3.88. The predicted molar refractivity (Wildman–Crippen MR) is 149 cm³/mol. The van der Waals surface area contributed by atoms with Gasteiger partial charge in [0.05, 0.1) is 23.6 Å². The molecule has 1 fully saturated rings. The number of carbonyl (C=O) groups is 1. The molecule has 3 aliphatic rings. The minimum Gasteiger partial charge on any atom is -0.369 e. The highest BCUT2D eigenvalue weighted by Gasteiger charge is 2.29. The number of hydrogen-bond donors (Lipinski definition) is 4. The molecule has 5 rings (SSSR count). The second-order valence-corrected chi connectivity index (χ2v) is 11.1. The predicted octanol–water partition coefficient (Wildman–Crippen LogP) is 4.96. The SMILES string of the molecule is Cc1cc(NC(=O)Nc2cccc(C3CCCN(C4=C5C=CC(=N)CC5NC=N4)C3)c2)n(C(C)(C)C)n1. The number of aromatic nitrogens is 2. The van der Waals surface area contributed by atoms with Gasteiger partial charge in [-0.05, 0) is 64.3 Å². The van der Waals surface area contributed by atoms with Crippen LogP contribution in [0.5, 0.6) is 0 Å². The standard InChI is InChI=1S/C28H36N8O/c1-18-13-25(36(34-18)28(2,3)4)33-27(37)32-22-9-5-7-19(14-22)20-8-6-12-35(16-20)26-23-11-10-21(29)15-24(23)30-17-31-26/h5,7,9-11,13-14,17,20,24,29H,6,8,12,15-16H2,1-4H3,(H,30,31)(H2,32,33,37). The molecule has 0 spiro atoms. The number of piperidine rings is 1. The maximum absolute atomic E-state index is 12.9. The first-order valence-electron chi connectivity index (χ1n) is 13.0. The van der Waals surface area contributed by atoms with Gasteiger partial charge < -0.3 is 20.9 Å². The highest BCUT2D eigenvalue weighted by atomic mass is 16.2. The normalized spacial score (nSPS) is 21.5. The van der Waals surface area contributed by atoms with E-state index >= 15 is 0 Å². The Morgan fingerprint density at radius 1 is 1.19 bits per heavy atom. The monoisotopic (exact) mass is 500 g/mol. The number of benzene rings is 1. The lowest BCUT2D eigenvalue weighted by molar-refractivity contribution is 0.252.